The molecule has 1 aromatic rings. The van der Waals surface area contributed by atoms with Gasteiger partial charge in [-0.2, -0.15) is 0 Å². The molecule has 0 radical (unpaired) electrons. The Kier molecular flexibility index (Phi) is 6.45. The molecular formula is C21H28N2O3. The van der Waals surface area contributed by atoms with Crippen molar-refractivity contribution in [3.05, 3.63) is 42.0 Å². The second-order valence-corrected chi connectivity index (χ2v) is 7.31. The molecule has 1 aliphatic heterocycles. The molecule has 1 aliphatic carbocycles. The Morgan fingerprint density at radius 1 is 1.12 bits per heavy atom. The van der Waals surface area contributed by atoms with Gasteiger partial charge in [-0.15, -0.1) is 0 Å². The standard InChI is InChI=1S/C21H28N2O3/c24-15-19-7-4-14-23(19)21(26)17-9-11-18(12-10-17)22-20(25)13-8-16-5-2-1-3-6-16/h1-3,5-6,8,13,17-19,24H,4,7,9-12,14-15H2,(H,22,25)/t17?,18?,19-/m0/s1. The Morgan fingerprint density at radius 3 is 2.54 bits per heavy atom. The molecule has 3 rings (SSSR count). The molecule has 140 valence electrons. The molecule has 5 heteroatoms. The van der Waals surface area contributed by atoms with Crippen LogP contribution in [0.4, 0.5) is 0 Å². The van der Waals surface area contributed by atoms with Crippen LogP contribution in [0.1, 0.15) is 44.1 Å². The lowest BCUT2D eigenvalue weighted by molar-refractivity contribution is -0.138. The summed E-state index contributed by atoms with van der Waals surface area (Å²) in [5.74, 6) is 0.147. The van der Waals surface area contributed by atoms with Crippen molar-refractivity contribution in [2.24, 2.45) is 5.92 Å². The first-order valence-electron chi connectivity index (χ1n) is 9.62. The normalized spacial score (nSPS) is 26.2. The van der Waals surface area contributed by atoms with Crippen LogP contribution < -0.4 is 5.32 Å². The number of rotatable bonds is 5. The minimum absolute atomic E-state index is 0.00282. The van der Waals surface area contributed by atoms with E-state index in [1.54, 1.807) is 6.08 Å². The summed E-state index contributed by atoms with van der Waals surface area (Å²) in [6, 6.07) is 9.89. The van der Waals surface area contributed by atoms with Gasteiger partial charge in [-0.25, -0.2) is 0 Å². The molecule has 0 bridgehead atoms. The van der Waals surface area contributed by atoms with Crippen molar-refractivity contribution in [3.63, 3.8) is 0 Å². The Bertz CT molecular complexity index is 636. The predicted molar refractivity (Wildman–Crippen MR) is 101 cm³/mol. The SMILES string of the molecule is O=C(C=Cc1ccccc1)NC1CCC(C(=O)N2CCC[C@H]2CO)CC1. The van der Waals surface area contributed by atoms with Gasteiger partial charge in [0, 0.05) is 24.6 Å². The van der Waals surface area contributed by atoms with Crippen molar-refractivity contribution in [1.82, 2.24) is 10.2 Å². The predicted octanol–water partition coefficient (Wildman–Crippen LogP) is 2.36. The van der Waals surface area contributed by atoms with Crippen LogP contribution in [0.15, 0.2) is 36.4 Å². The maximum Gasteiger partial charge on any atom is 0.244 e. The van der Waals surface area contributed by atoms with Gasteiger partial charge in [0.15, 0.2) is 0 Å². The third-order valence-electron chi connectivity index (χ3n) is 5.52. The van der Waals surface area contributed by atoms with Gasteiger partial charge in [-0.3, -0.25) is 9.59 Å². The van der Waals surface area contributed by atoms with E-state index >= 15 is 0 Å². The van der Waals surface area contributed by atoms with Crippen LogP contribution in [0.3, 0.4) is 0 Å². The number of benzene rings is 1. The maximum absolute atomic E-state index is 12.7. The highest BCUT2D eigenvalue weighted by molar-refractivity contribution is 5.91. The topological polar surface area (TPSA) is 69.6 Å². The summed E-state index contributed by atoms with van der Waals surface area (Å²) < 4.78 is 0. The Balaban J connectivity index is 1.44. The molecular weight excluding hydrogens is 328 g/mol. The van der Waals surface area contributed by atoms with Gasteiger partial charge < -0.3 is 15.3 Å². The quantitative estimate of drug-likeness (QED) is 0.796. The molecule has 5 nitrogen and oxygen atoms in total. The molecule has 1 heterocycles. The van der Waals surface area contributed by atoms with Crippen LogP contribution >= 0.6 is 0 Å². The van der Waals surface area contributed by atoms with Crippen LogP contribution in [0, 0.1) is 5.92 Å². The number of likely N-dealkylation sites (tertiary alicyclic amines) is 1. The number of carbonyl (C=O) groups excluding carboxylic acids is 2. The van der Waals surface area contributed by atoms with Crippen molar-refractivity contribution in [1.29, 1.82) is 0 Å². The van der Waals surface area contributed by atoms with Crippen molar-refractivity contribution < 1.29 is 14.7 Å². The fourth-order valence-electron chi connectivity index (χ4n) is 4.02. The number of nitrogens with one attached hydrogen (secondary N) is 1. The van der Waals surface area contributed by atoms with Gasteiger partial charge in [0.2, 0.25) is 11.8 Å². The number of aliphatic hydroxyl groups excluding tert-OH is 1. The molecule has 1 saturated heterocycles. The Morgan fingerprint density at radius 2 is 1.85 bits per heavy atom. The van der Waals surface area contributed by atoms with E-state index in [4.69, 9.17) is 0 Å². The zero-order valence-electron chi connectivity index (χ0n) is 15.1. The zero-order chi connectivity index (χ0) is 18.4. The van der Waals surface area contributed by atoms with E-state index in [1.807, 2.05) is 41.3 Å². The second kappa shape index (κ2) is 8.99. The van der Waals surface area contributed by atoms with Crippen LogP contribution in [0.2, 0.25) is 0 Å². The minimum Gasteiger partial charge on any atom is -0.394 e. The maximum atomic E-state index is 12.7. The zero-order valence-corrected chi connectivity index (χ0v) is 15.1. The largest absolute Gasteiger partial charge is 0.394 e. The van der Waals surface area contributed by atoms with Gasteiger partial charge in [-0.05, 0) is 50.2 Å². The van der Waals surface area contributed by atoms with E-state index in [9.17, 15) is 14.7 Å². The second-order valence-electron chi connectivity index (χ2n) is 7.31. The summed E-state index contributed by atoms with van der Waals surface area (Å²) in [4.78, 5) is 26.6. The van der Waals surface area contributed by atoms with Crippen LogP contribution in [-0.4, -0.2) is 47.1 Å². The number of nitrogens with zero attached hydrogens (tertiary/aromatic N) is 1. The summed E-state index contributed by atoms with van der Waals surface area (Å²) in [7, 11) is 0. The third-order valence-corrected chi connectivity index (χ3v) is 5.52. The number of hydrogen-bond acceptors (Lipinski definition) is 3. The monoisotopic (exact) mass is 356 g/mol. The van der Waals surface area contributed by atoms with Gasteiger partial charge in [0.25, 0.3) is 0 Å². The summed E-state index contributed by atoms with van der Waals surface area (Å²) in [6.45, 7) is 0.829. The summed E-state index contributed by atoms with van der Waals surface area (Å²) in [5, 5.41) is 12.5. The highest BCUT2D eigenvalue weighted by Gasteiger charge is 2.34. The molecule has 0 unspecified atom stereocenters. The lowest BCUT2D eigenvalue weighted by atomic mass is 9.85. The van der Waals surface area contributed by atoms with Gasteiger partial charge in [0.05, 0.1) is 12.6 Å². The number of aliphatic hydroxyl groups is 1. The minimum atomic E-state index is -0.0801. The molecule has 2 fully saturated rings. The molecule has 2 aliphatic rings. The van der Waals surface area contributed by atoms with Gasteiger partial charge in [-0.1, -0.05) is 30.3 Å². The van der Waals surface area contributed by atoms with E-state index in [1.165, 1.54) is 0 Å². The van der Waals surface area contributed by atoms with Crippen molar-refractivity contribution in [3.8, 4) is 0 Å². The Hall–Kier alpha value is -2.14. The van der Waals surface area contributed by atoms with Gasteiger partial charge >= 0.3 is 0 Å². The van der Waals surface area contributed by atoms with Crippen LogP contribution in [-0.2, 0) is 9.59 Å². The third kappa shape index (κ3) is 4.73. The molecule has 2 amide bonds. The van der Waals surface area contributed by atoms with E-state index < -0.39 is 0 Å². The smallest absolute Gasteiger partial charge is 0.244 e. The van der Waals surface area contributed by atoms with Crippen molar-refractivity contribution in [2.75, 3.05) is 13.2 Å². The first kappa shape index (κ1) is 18.6. The molecule has 0 aromatic heterocycles. The summed E-state index contributed by atoms with van der Waals surface area (Å²) in [6.07, 6.45) is 8.55. The highest BCUT2D eigenvalue weighted by Crippen LogP contribution is 2.29. The fourth-order valence-corrected chi connectivity index (χ4v) is 4.02. The molecule has 26 heavy (non-hydrogen) atoms. The first-order chi connectivity index (χ1) is 12.7. The molecule has 1 aromatic carbocycles. The summed E-state index contributed by atoms with van der Waals surface area (Å²) >= 11 is 0. The average molecular weight is 356 g/mol. The first-order valence-corrected chi connectivity index (χ1v) is 9.62. The van der Waals surface area contributed by atoms with E-state index in [2.05, 4.69) is 5.32 Å². The lowest BCUT2D eigenvalue weighted by Gasteiger charge is -2.32. The van der Waals surface area contributed by atoms with E-state index in [-0.39, 0.29) is 36.4 Å². The summed E-state index contributed by atoms with van der Waals surface area (Å²) in [5.41, 5.74) is 1.00. The molecule has 1 atom stereocenters. The fraction of sp³-hybridized carbons (Fsp3) is 0.524. The molecule has 2 N–H and O–H groups in total. The Labute approximate surface area is 155 Å². The van der Waals surface area contributed by atoms with Crippen molar-refractivity contribution >= 4 is 17.9 Å². The van der Waals surface area contributed by atoms with Crippen LogP contribution in [0.5, 0.6) is 0 Å². The van der Waals surface area contributed by atoms with Gasteiger partial charge in [0.1, 0.15) is 0 Å². The highest BCUT2D eigenvalue weighted by atomic mass is 16.3. The van der Waals surface area contributed by atoms with E-state index in [0.717, 1.165) is 50.6 Å². The number of amides is 2. The van der Waals surface area contributed by atoms with Crippen molar-refractivity contribution in [2.45, 2.75) is 50.6 Å². The lowest BCUT2D eigenvalue weighted by Crippen LogP contribution is -2.44. The molecule has 0 spiro atoms. The number of carbonyl (C=O) groups is 2. The average Bonchev–Trinajstić information content (AvgIpc) is 3.16. The van der Waals surface area contributed by atoms with Crippen LogP contribution in [0.25, 0.3) is 6.08 Å². The molecule has 1 saturated carbocycles. The van der Waals surface area contributed by atoms with E-state index in [0.29, 0.717) is 0 Å². The number of hydrogen-bond donors (Lipinski definition) is 2.